The Kier molecular flexibility index (Phi) is 2.54. The highest BCUT2D eigenvalue weighted by Crippen LogP contribution is 2.53. The molecule has 0 heterocycles. The molecular weight excluding hydrogens is 208 g/mol. The summed E-state index contributed by atoms with van der Waals surface area (Å²) in [6.07, 6.45) is 12.8. The zero-order valence-electron chi connectivity index (χ0n) is 10.9. The minimum absolute atomic E-state index is 0.0506. The van der Waals surface area contributed by atoms with Gasteiger partial charge in [-0.3, -0.25) is 0 Å². The Morgan fingerprint density at radius 2 is 1.53 bits per heavy atom. The molecule has 96 valence electrons. The second-order valence-corrected chi connectivity index (χ2v) is 7.58. The SMILES string of the molecule is OC(CC1CC2CCC1C2)C1CC2CCC1C2. The predicted molar refractivity (Wildman–Crippen MR) is 68.5 cm³/mol. The van der Waals surface area contributed by atoms with Crippen LogP contribution in [-0.2, 0) is 0 Å². The summed E-state index contributed by atoms with van der Waals surface area (Å²) in [5.74, 6) is 5.49. The normalized spacial score (nSPS) is 53.5. The molecule has 4 bridgehead atoms. The van der Waals surface area contributed by atoms with Gasteiger partial charge in [0.1, 0.15) is 0 Å². The molecule has 1 heteroatoms. The van der Waals surface area contributed by atoms with E-state index in [1.165, 1.54) is 51.4 Å². The van der Waals surface area contributed by atoms with E-state index in [2.05, 4.69) is 0 Å². The monoisotopic (exact) mass is 234 g/mol. The van der Waals surface area contributed by atoms with Crippen LogP contribution in [0.15, 0.2) is 0 Å². The number of hydrogen-bond acceptors (Lipinski definition) is 1. The summed E-state index contributed by atoms with van der Waals surface area (Å²) in [7, 11) is 0. The lowest BCUT2D eigenvalue weighted by atomic mass is 9.78. The van der Waals surface area contributed by atoms with Crippen molar-refractivity contribution >= 4 is 0 Å². The van der Waals surface area contributed by atoms with Crippen molar-refractivity contribution in [2.45, 2.75) is 63.9 Å². The molecule has 0 aromatic heterocycles. The van der Waals surface area contributed by atoms with E-state index in [0.717, 1.165) is 36.0 Å². The zero-order valence-corrected chi connectivity index (χ0v) is 10.9. The van der Waals surface area contributed by atoms with Crippen LogP contribution in [0.3, 0.4) is 0 Å². The first kappa shape index (κ1) is 10.8. The molecule has 1 nitrogen and oxygen atoms in total. The molecule has 1 N–H and O–H groups in total. The van der Waals surface area contributed by atoms with E-state index in [9.17, 15) is 5.11 Å². The number of fused-ring (bicyclic) bond motifs is 4. The molecule has 0 aliphatic heterocycles. The number of rotatable bonds is 3. The molecule has 0 spiro atoms. The van der Waals surface area contributed by atoms with Gasteiger partial charge in [0.2, 0.25) is 0 Å². The molecule has 17 heavy (non-hydrogen) atoms. The molecule has 7 unspecified atom stereocenters. The van der Waals surface area contributed by atoms with Crippen LogP contribution in [0.1, 0.15) is 57.8 Å². The summed E-state index contributed by atoms with van der Waals surface area (Å²) >= 11 is 0. The van der Waals surface area contributed by atoms with Crippen LogP contribution in [0.5, 0.6) is 0 Å². The highest BCUT2D eigenvalue weighted by Gasteiger charge is 2.45. The maximum atomic E-state index is 10.6. The zero-order chi connectivity index (χ0) is 11.4. The Labute approximate surface area is 105 Å². The van der Waals surface area contributed by atoms with Crippen molar-refractivity contribution in [3.63, 3.8) is 0 Å². The van der Waals surface area contributed by atoms with E-state index in [4.69, 9.17) is 0 Å². The van der Waals surface area contributed by atoms with Gasteiger partial charge in [-0.1, -0.05) is 12.8 Å². The van der Waals surface area contributed by atoms with Crippen molar-refractivity contribution in [1.82, 2.24) is 0 Å². The second-order valence-electron chi connectivity index (χ2n) is 7.58. The van der Waals surface area contributed by atoms with Gasteiger partial charge in [0, 0.05) is 0 Å². The van der Waals surface area contributed by atoms with Gasteiger partial charge in [-0.05, 0) is 80.5 Å². The van der Waals surface area contributed by atoms with E-state index in [0.29, 0.717) is 5.92 Å². The fraction of sp³-hybridized carbons (Fsp3) is 1.00. The third-order valence-electron chi connectivity index (χ3n) is 6.72. The summed E-state index contributed by atoms with van der Waals surface area (Å²) in [4.78, 5) is 0. The maximum Gasteiger partial charge on any atom is 0.0573 e. The molecular formula is C16H26O. The molecule has 0 radical (unpaired) electrons. The second kappa shape index (κ2) is 3.98. The minimum Gasteiger partial charge on any atom is -0.393 e. The van der Waals surface area contributed by atoms with Crippen LogP contribution in [0, 0.1) is 35.5 Å². The quantitative estimate of drug-likeness (QED) is 0.791. The van der Waals surface area contributed by atoms with E-state index in [-0.39, 0.29) is 6.10 Å². The lowest BCUT2D eigenvalue weighted by Crippen LogP contribution is -2.29. The van der Waals surface area contributed by atoms with Crippen molar-refractivity contribution < 1.29 is 5.11 Å². The van der Waals surface area contributed by atoms with Gasteiger partial charge in [-0.2, -0.15) is 0 Å². The van der Waals surface area contributed by atoms with Crippen LogP contribution in [-0.4, -0.2) is 11.2 Å². The molecule has 4 fully saturated rings. The summed E-state index contributed by atoms with van der Waals surface area (Å²) in [5, 5.41) is 10.6. The molecule has 0 amide bonds. The predicted octanol–water partition coefficient (Wildman–Crippen LogP) is 3.61. The van der Waals surface area contributed by atoms with Gasteiger partial charge in [0.25, 0.3) is 0 Å². The Morgan fingerprint density at radius 1 is 0.824 bits per heavy atom. The molecule has 7 atom stereocenters. The van der Waals surface area contributed by atoms with Crippen LogP contribution < -0.4 is 0 Å². The fourth-order valence-corrected chi connectivity index (χ4v) is 5.92. The Balaban J connectivity index is 1.36. The van der Waals surface area contributed by atoms with Crippen molar-refractivity contribution in [2.75, 3.05) is 0 Å². The topological polar surface area (TPSA) is 20.2 Å². The van der Waals surface area contributed by atoms with Gasteiger partial charge < -0.3 is 5.11 Å². The van der Waals surface area contributed by atoms with Crippen LogP contribution in [0.25, 0.3) is 0 Å². The Morgan fingerprint density at radius 3 is 2.06 bits per heavy atom. The van der Waals surface area contributed by atoms with E-state index in [1.54, 1.807) is 0 Å². The Bertz CT molecular complexity index is 300. The summed E-state index contributed by atoms with van der Waals surface area (Å²) < 4.78 is 0. The van der Waals surface area contributed by atoms with Crippen LogP contribution >= 0.6 is 0 Å². The highest BCUT2D eigenvalue weighted by molar-refractivity contribution is 4.96. The van der Waals surface area contributed by atoms with E-state index >= 15 is 0 Å². The number of aliphatic hydroxyl groups is 1. The first-order valence-corrected chi connectivity index (χ1v) is 7.97. The third-order valence-corrected chi connectivity index (χ3v) is 6.72. The van der Waals surface area contributed by atoms with Crippen molar-refractivity contribution in [2.24, 2.45) is 35.5 Å². The Hall–Kier alpha value is -0.0400. The summed E-state index contributed by atoms with van der Waals surface area (Å²) in [6.45, 7) is 0. The molecule has 0 aromatic carbocycles. The lowest BCUT2D eigenvalue weighted by Gasteiger charge is -2.31. The van der Waals surface area contributed by atoms with E-state index < -0.39 is 0 Å². The summed E-state index contributed by atoms with van der Waals surface area (Å²) in [5.41, 5.74) is 0. The smallest absolute Gasteiger partial charge is 0.0573 e. The first-order chi connectivity index (χ1) is 8.29. The molecule has 0 saturated heterocycles. The van der Waals surface area contributed by atoms with Crippen molar-refractivity contribution in [3.8, 4) is 0 Å². The molecule has 4 aliphatic carbocycles. The molecule has 0 aromatic rings. The average molecular weight is 234 g/mol. The van der Waals surface area contributed by atoms with Gasteiger partial charge in [0.15, 0.2) is 0 Å². The molecule has 4 rings (SSSR count). The van der Waals surface area contributed by atoms with Crippen LogP contribution in [0.4, 0.5) is 0 Å². The minimum atomic E-state index is 0.0506. The largest absolute Gasteiger partial charge is 0.393 e. The maximum absolute atomic E-state index is 10.6. The van der Waals surface area contributed by atoms with Gasteiger partial charge in [0.05, 0.1) is 6.10 Å². The standard InChI is InChI=1S/C16H26O/c17-16(15-8-11-2-4-13(15)6-11)9-14-7-10-1-3-12(14)5-10/h10-17H,1-9H2. The number of hydrogen-bond donors (Lipinski definition) is 1. The number of aliphatic hydroxyl groups excluding tert-OH is 1. The fourth-order valence-electron chi connectivity index (χ4n) is 5.92. The van der Waals surface area contributed by atoms with Crippen molar-refractivity contribution in [1.29, 1.82) is 0 Å². The van der Waals surface area contributed by atoms with Crippen molar-refractivity contribution in [3.05, 3.63) is 0 Å². The van der Waals surface area contributed by atoms with E-state index in [1.807, 2.05) is 0 Å². The van der Waals surface area contributed by atoms with Gasteiger partial charge >= 0.3 is 0 Å². The molecule has 4 aliphatic rings. The highest BCUT2D eigenvalue weighted by atomic mass is 16.3. The third kappa shape index (κ3) is 1.77. The molecule has 4 saturated carbocycles. The average Bonchev–Trinajstić information content (AvgIpc) is 3.08. The lowest BCUT2D eigenvalue weighted by molar-refractivity contribution is 0.0448. The van der Waals surface area contributed by atoms with Gasteiger partial charge in [-0.25, -0.2) is 0 Å². The first-order valence-electron chi connectivity index (χ1n) is 7.97. The summed E-state index contributed by atoms with van der Waals surface area (Å²) in [6, 6.07) is 0. The van der Waals surface area contributed by atoms with Crippen LogP contribution in [0.2, 0.25) is 0 Å². The van der Waals surface area contributed by atoms with Gasteiger partial charge in [-0.15, -0.1) is 0 Å².